The van der Waals surface area contributed by atoms with Gasteiger partial charge in [-0.15, -0.1) is 0 Å². The summed E-state index contributed by atoms with van der Waals surface area (Å²) < 4.78 is 10.9. The number of rotatable bonds is 6. The molecule has 0 aromatic carbocycles. The minimum atomic E-state index is -0.482. The van der Waals surface area contributed by atoms with Crippen molar-refractivity contribution in [2.75, 3.05) is 6.61 Å². The topological polar surface area (TPSA) is 60.2 Å². The number of nitrogens with zero attached hydrogens (tertiary/aromatic N) is 2. The molecule has 0 bridgehead atoms. The van der Waals surface area contributed by atoms with Gasteiger partial charge in [0.25, 0.3) is 0 Å². The van der Waals surface area contributed by atoms with Crippen LogP contribution in [0.2, 0.25) is 0 Å². The van der Waals surface area contributed by atoms with Crippen molar-refractivity contribution >= 4 is 0 Å². The van der Waals surface area contributed by atoms with Crippen molar-refractivity contribution in [3.05, 3.63) is 11.7 Å². The summed E-state index contributed by atoms with van der Waals surface area (Å²) in [5.41, 5.74) is -0.482. The first kappa shape index (κ1) is 13.5. The Morgan fingerprint density at radius 2 is 2.11 bits per heavy atom. The van der Waals surface area contributed by atoms with E-state index in [1.165, 1.54) is 25.7 Å². The fraction of sp³-hybridized carbons (Fsp3) is 0.846. The molecule has 0 saturated heterocycles. The molecule has 1 saturated carbocycles. The summed E-state index contributed by atoms with van der Waals surface area (Å²) in [5, 5.41) is 7.46. The fourth-order valence-electron chi connectivity index (χ4n) is 2.36. The SMILES string of the molecule is CCOC(C)(C)c1noc(CNC2CCCC2)n1. The summed E-state index contributed by atoms with van der Waals surface area (Å²) in [5.74, 6) is 1.26. The van der Waals surface area contributed by atoms with Crippen LogP contribution in [0.15, 0.2) is 4.52 Å². The lowest BCUT2D eigenvalue weighted by Gasteiger charge is -2.19. The maximum absolute atomic E-state index is 5.60. The lowest BCUT2D eigenvalue weighted by molar-refractivity contribution is -0.0221. The molecule has 0 unspecified atom stereocenters. The molecule has 0 atom stereocenters. The smallest absolute Gasteiger partial charge is 0.240 e. The first-order chi connectivity index (χ1) is 8.62. The van der Waals surface area contributed by atoms with E-state index in [4.69, 9.17) is 9.26 Å². The van der Waals surface area contributed by atoms with Crippen LogP contribution in [0.3, 0.4) is 0 Å². The first-order valence-electron chi connectivity index (χ1n) is 6.82. The summed E-state index contributed by atoms with van der Waals surface area (Å²) in [7, 11) is 0. The van der Waals surface area contributed by atoms with Crippen LogP contribution in [-0.4, -0.2) is 22.8 Å². The number of nitrogens with one attached hydrogen (secondary N) is 1. The van der Waals surface area contributed by atoms with Crippen molar-refractivity contribution in [3.8, 4) is 0 Å². The Morgan fingerprint density at radius 3 is 2.78 bits per heavy atom. The lowest BCUT2D eigenvalue weighted by Crippen LogP contribution is -2.26. The van der Waals surface area contributed by atoms with E-state index in [9.17, 15) is 0 Å². The van der Waals surface area contributed by atoms with Crippen molar-refractivity contribution < 1.29 is 9.26 Å². The fourth-order valence-corrected chi connectivity index (χ4v) is 2.36. The zero-order valence-corrected chi connectivity index (χ0v) is 11.5. The van der Waals surface area contributed by atoms with Crippen LogP contribution >= 0.6 is 0 Å². The van der Waals surface area contributed by atoms with Gasteiger partial charge in [-0.05, 0) is 33.6 Å². The highest BCUT2D eigenvalue weighted by atomic mass is 16.5. The largest absolute Gasteiger partial charge is 0.368 e. The minimum Gasteiger partial charge on any atom is -0.368 e. The molecule has 2 rings (SSSR count). The van der Waals surface area contributed by atoms with E-state index in [0.717, 1.165) is 0 Å². The van der Waals surface area contributed by atoms with Crippen LogP contribution in [0.5, 0.6) is 0 Å². The van der Waals surface area contributed by atoms with Crippen LogP contribution < -0.4 is 5.32 Å². The summed E-state index contributed by atoms with van der Waals surface area (Å²) >= 11 is 0. The molecule has 0 spiro atoms. The molecule has 1 fully saturated rings. The van der Waals surface area contributed by atoms with E-state index in [0.29, 0.717) is 30.9 Å². The van der Waals surface area contributed by atoms with Gasteiger partial charge >= 0.3 is 0 Å². The highest BCUT2D eigenvalue weighted by Gasteiger charge is 2.27. The van der Waals surface area contributed by atoms with Gasteiger partial charge < -0.3 is 14.6 Å². The van der Waals surface area contributed by atoms with Gasteiger partial charge in [0, 0.05) is 12.6 Å². The molecule has 5 nitrogen and oxygen atoms in total. The van der Waals surface area contributed by atoms with Crippen LogP contribution in [0.4, 0.5) is 0 Å². The molecule has 18 heavy (non-hydrogen) atoms. The van der Waals surface area contributed by atoms with Crippen LogP contribution in [0.1, 0.15) is 58.2 Å². The summed E-state index contributed by atoms with van der Waals surface area (Å²) in [6.07, 6.45) is 5.16. The monoisotopic (exact) mass is 253 g/mol. The average molecular weight is 253 g/mol. The Balaban J connectivity index is 1.89. The van der Waals surface area contributed by atoms with E-state index in [1.54, 1.807) is 0 Å². The van der Waals surface area contributed by atoms with Crippen molar-refractivity contribution in [1.82, 2.24) is 15.5 Å². The zero-order valence-electron chi connectivity index (χ0n) is 11.5. The Hall–Kier alpha value is -0.940. The molecule has 1 aromatic heterocycles. The Kier molecular flexibility index (Phi) is 4.35. The maximum atomic E-state index is 5.60. The predicted molar refractivity (Wildman–Crippen MR) is 68.0 cm³/mol. The molecule has 1 aliphatic rings. The van der Waals surface area contributed by atoms with Gasteiger partial charge in [0.05, 0.1) is 6.54 Å². The van der Waals surface area contributed by atoms with Crippen molar-refractivity contribution in [2.24, 2.45) is 0 Å². The standard InChI is InChI=1S/C13H23N3O2/c1-4-17-13(2,3)12-15-11(18-16-12)9-14-10-7-5-6-8-10/h10,14H,4-9H2,1-3H3. The number of aromatic nitrogens is 2. The van der Waals surface area contributed by atoms with Gasteiger partial charge in [-0.1, -0.05) is 18.0 Å². The van der Waals surface area contributed by atoms with E-state index >= 15 is 0 Å². The van der Waals surface area contributed by atoms with Crippen LogP contribution in [0.25, 0.3) is 0 Å². The molecule has 0 amide bonds. The van der Waals surface area contributed by atoms with Gasteiger partial charge in [0.15, 0.2) is 0 Å². The number of hydrogen-bond donors (Lipinski definition) is 1. The predicted octanol–water partition coefficient (Wildman–Crippen LogP) is 2.37. The van der Waals surface area contributed by atoms with E-state index in [1.807, 2.05) is 20.8 Å². The normalized spacial score (nSPS) is 17.5. The van der Waals surface area contributed by atoms with Gasteiger partial charge in [0.2, 0.25) is 11.7 Å². The second kappa shape index (κ2) is 5.80. The Morgan fingerprint density at radius 1 is 1.39 bits per heavy atom. The number of ether oxygens (including phenoxy) is 1. The van der Waals surface area contributed by atoms with E-state index < -0.39 is 5.60 Å². The van der Waals surface area contributed by atoms with Gasteiger partial charge in [0.1, 0.15) is 5.60 Å². The quantitative estimate of drug-likeness (QED) is 0.843. The van der Waals surface area contributed by atoms with E-state index in [2.05, 4.69) is 15.5 Å². The Bertz CT molecular complexity index is 370. The summed E-state index contributed by atoms with van der Waals surface area (Å²) in [6, 6.07) is 0.611. The third-order valence-corrected chi connectivity index (χ3v) is 3.41. The first-order valence-corrected chi connectivity index (χ1v) is 6.82. The van der Waals surface area contributed by atoms with Crippen LogP contribution in [-0.2, 0) is 16.9 Å². The molecule has 1 N–H and O–H groups in total. The molecule has 1 aliphatic carbocycles. The highest BCUT2D eigenvalue weighted by Crippen LogP contribution is 2.22. The van der Waals surface area contributed by atoms with Gasteiger partial charge in [-0.25, -0.2) is 0 Å². The summed E-state index contributed by atoms with van der Waals surface area (Å²) in [6.45, 7) is 7.16. The third kappa shape index (κ3) is 3.29. The zero-order chi connectivity index (χ0) is 13.0. The number of hydrogen-bond acceptors (Lipinski definition) is 5. The van der Waals surface area contributed by atoms with E-state index in [-0.39, 0.29) is 0 Å². The van der Waals surface area contributed by atoms with Crippen molar-refractivity contribution in [2.45, 2.75) is 64.6 Å². The molecule has 1 aromatic rings. The van der Waals surface area contributed by atoms with Crippen LogP contribution in [0, 0.1) is 0 Å². The molecular formula is C13H23N3O2. The summed E-state index contributed by atoms with van der Waals surface area (Å²) in [4.78, 5) is 4.40. The average Bonchev–Trinajstić information content (AvgIpc) is 2.98. The second-order valence-electron chi connectivity index (χ2n) is 5.32. The third-order valence-electron chi connectivity index (χ3n) is 3.41. The lowest BCUT2D eigenvalue weighted by atomic mass is 10.1. The highest BCUT2D eigenvalue weighted by molar-refractivity contribution is 4.97. The molecular weight excluding hydrogens is 230 g/mol. The minimum absolute atomic E-state index is 0.482. The van der Waals surface area contributed by atoms with Gasteiger partial charge in [-0.2, -0.15) is 4.98 Å². The molecule has 1 heterocycles. The second-order valence-corrected chi connectivity index (χ2v) is 5.32. The van der Waals surface area contributed by atoms with Crippen molar-refractivity contribution in [1.29, 1.82) is 0 Å². The molecule has 0 radical (unpaired) electrons. The molecule has 102 valence electrons. The van der Waals surface area contributed by atoms with Gasteiger partial charge in [-0.3, -0.25) is 0 Å². The van der Waals surface area contributed by atoms with Crippen molar-refractivity contribution in [3.63, 3.8) is 0 Å². The maximum Gasteiger partial charge on any atom is 0.240 e. The molecule has 5 heteroatoms. The Labute approximate surface area is 108 Å². The molecule has 0 aliphatic heterocycles.